The number of likely N-dealkylation sites (N-methyl/N-ethyl adjacent to an activating group) is 1. The van der Waals surface area contributed by atoms with Crippen LogP contribution in [0, 0.1) is 0 Å². The van der Waals surface area contributed by atoms with Crippen molar-refractivity contribution in [3.63, 3.8) is 0 Å². The molecule has 0 fully saturated rings. The van der Waals surface area contributed by atoms with Crippen molar-refractivity contribution >= 4 is 19.8 Å². The van der Waals surface area contributed by atoms with Crippen molar-refractivity contribution in [2.24, 2.45) is 0 Å². The fraction of sp³-hybridized carbons (Fsp3) is 0.769. The molecule has 0 amide bonds. The van der Waals surface area contributed by atoms with E-state index in [0.29, 0.717) is 17.4 Å². The highest BCUT2D eigenvalue weighted by atomic mass is 31.2. The highest BCUT2D eigenvalue weighted by Gasteiger charge is 2.22. The van der Waals surface area contributed by atoms with Crippen molar-refractivity contribution in [2.45, 2.75) is 341 Å². The van der Waals surface area contributed by atoms with Crippen LogP contribution in [0.1, 0.15) is 335 Å². The van der Waals surface area contributed by atoms with E-state index in [1.165, 1.54) is 218 Å². The molecule has 0 radical (unpaired) electrons. The minimum Gasteiger partial charge on any atom is -0.756 e. The molecule has 88 heavy (non-hydrogen) atoms. The Hall–Kier alpha value is -3.07. The Balaban J connectivity index is 4.01. The average Bonchev–Trinajstić information content (AvgIpc) is 3.68. The van der Waals surface area contributed by atoms with Gasteiger partial charge in [0, 0.05) is 12.8 Å². The van der Waals surface area contributed by atoms with E-state index in [-0.39, 0.29) is 32.0 Å². The zero-order valence-corrected chi connectivity index (χ0v) is 59.1. The van der Waals surface area contributed by atoms with Crippen LogP contribution in [-0.2, 0) is 32.7 Å². The van der Waals surface area contributed by atoms with E-state index in [1.54, 1.807) is 0 Å². The number of unbranched alkanes of at least 4 members (excludes halogenated alkanes) is 38. The van der Waals surface area contributed by atoms with E-state index >= 15 is 0 Å². The van der Waals surface area contributed by atoms with Crippen molar-refractivity contribution in [3.8, 4) is 0 Å². The number of hydrogen-bond acceptors (Lipinski definition) is 8. The third-order valence-corrected chi connectivity index (χ3v) is 17.1. The van der Waals surface area contributed by atoms with Gasteiger partial charge in [-0.2, -0.15) is 0 Å². The summed E-state index contributed by atoms with van der Waals surface area (Å²) in [6, 6.07) is 0. The number of rotatable bonds is 68. The first-order chi connectivity index (χ1) is 43.0. The predicted molar refractivity (Wildman–Crippen MR) is 379 cm³/mol. The highest BCUT2D eigenvalue weighted by Crippen LogP contribution is 2.38. The Morgan fingerprint density at radius 3 is 0.966 bits per heavy atom. The third-order valence-electron chi connectivity index (χ3n) is 16.1. The number of allylic oxidation sites excluding steroid dienone is 16. The van der Waals surface area contributed by atoms with Gasteiger partial charge in [-0.1, -0.05) is 323 Å². The maximum absolute atomic E-state index is 12.9. The number of carbonyl (C=O) groups is 2. The molecule has 9 nitrogen and oxygen atoms in total. The molecule has 0 rings (SSSR count). The molecule has 0 aromatic carbocycles. The van der Waals surface area contributed by atoms with Crippen molar-refractivity contribution < 1.29 is 42.1 Å². The largest absolute Gasteiger partial charge is 0.756 e. The number of hydrogen-bond donors (Lipinski definition) is 0. The van der Waals surface area contributed by atoms with E-state index in [4.69, 9.17) is 18.5 Å². The average molecular weight is 1250 g/mol. The molecule has 2 unspecified atom stereocenters. The summed E-state index contributed by atoms with van der Waals surface area (Å²) in [5.74, 6) is -0.825. The molecular weight excluding hydrogens is 1110 g/mol. The van der Waals surface area contributed by atoms with Crippen molar-refractivity contribution in [1.82, 2.24) is 0 Å². The molecule has 2 atom stereocenters. The van der Waals surface area contributed by atoms with Gasteiger partial charge in [0.1, 0.15) is 19.8 Å². The molecule has 0 aromatic heterocycles. The summed E-state index contributed by atoms with van der Waals surface area (Å²) in [5.41, 5.74) is 0. The molecule has 0 aromatic rings. The second-order valence-corrected chi connectivity index (χ2v) is 27.3. The van der Waals surface area contributed by atoms with E-state index in [2.05, 4.69) is 111 Å². The second-order valence-electron chi connectivity index (χ2n) is 25.9. The SMILES string of the molecule is CC/C=C\C/C=C\C/C=C\C/C=C\C/C=C\C/C=C\CCCCCCCCCCCCCCC(=O)OC(COC(=O)CCCCCCCCCCCCCCCCCCCCCCC/C=C\C/C=C\CCCCCCC)COP(=O)([O-])OCC[N+](C)(C)C. The molecule has 10 heteroatoms. The maximum atomic E-state index is 12.9. The van der Waals surface area contributed by atoms with Crippen molar-refractivity contribution in [3.05, 3.63) is 97.2 Å². The lowest BCUT2D eigenvalue weighted by molar-refractivity contribution is -0.870. The smallest absolute Gasteiger partial charge is 0.306 e. The number of nitrogens with zero attached hydrogens (tertiary/aromatic N) is 1. The summed E-state index contributed by atoms with van der Waals surface area (Å²) in [4.78, 5) is 38.1. The fourth-order valence-electron chi connectivity index (χ4n) is 10.5. The van der Waals surface area contributed by atoms with Crippen LogP contribution in [-0.4, -0.2) is 70.0 Å². The first-order valence-electron chi connectivity index (χ1n) is 36.9. The lowest BCUT2D eigenvalue weighted by atomic mass is 10.0. The van der Waals surface area contributed by atoms with Gasteiger partial charge < -0.3 is 27.9 Å². The Kier molecular flexibility index (Phi) is 65.9. The Labute approximate surface area is 544 Å². The minimum atomic E-state index is -4.65. The summed E-state index contributed by atoms with van der Waals surface area (Å²) in [5, 5.41) is 0. The van der Waals surface area contributed by atoms with Gasteiger partial charge in [-0.05, 0) is 96.3 Å². The van der Waals surface area contributed by atoms with Gasteiger partial charge in [0.15, 0.2) is 6.10 Å². The molecule has 0 aliphatic rings. The monoisotopic (exact) mass is 1250 g/mol. The van der Waals surface area contributed by atoms with Gasteiger partial charge >= 0.3 is 11.9 Å². The zero-order chi connectivity index (χ0) is 64.1. The molecular formula is C78H140NO8P. The number of phosphoric acid groups is 1. The quantitative estimate of drug-likeness (QED) is 0.0195. The highest BCUT2D eigenvalue weighted by molar-refractivity contribution is 7.45. The maximum Gasteiger partial charge on any atom is 0.306 e. The minimum absolute atomic E-state index is 0.0331. The molecule has 0 aliphatic carbocycles. The number of carbonyl (C=O) groups excluding carboxylic acids is 2. The summed E-state index contributed by atoms with van der Waals surface area (Å²) in [7, 11) is 1.17. The summed E-state index contributed by atoms with van der Waals surface area (Å²) in [6.07, 6.45) is 95.0. The van der Waals surface area contributed by atoms with Crippen LogP contribution in [0.3, 0.4) is 0 Å². The molecule has 510 valence electrons. The number of esters is 2. The van der Waals surface area contributed by atoms with Gasteiger partial charge in [-0.3, -0.25) is 14.2 Å². The second kappa shape index (κ2) is 68.3. The lowest BCUT2D eigenvalue weighted by Gasteiger charge is -2.28. The first kappa shape index (κ1) is 84.9. The molecule has 0 saturated heterocycles. The summed E-state index contributed by atoms with van der Waals surface area (Å²) in [6.45, 7) is 4.15. The summed E-state index contributed by atoms with van der Waals surface area (Å²) >= 11 is 0. The standard InChI is InChI=1S/C78H140NO8P/c1-6-8-10-12-14-16-18-20-22-24-26-28-30-32-34-36-38-39-41-42-44-46-48-50-52-54-56-58-60-62-64-66-68-70-77(80)84-74-76(75-86-88(82,83)85-73-72-79(3,4)5)87-78(81)71-69-67-65-63-61-59-57-55-53-51-49-47-45-43-40-37-35-33-31-29-27-25-23-21-19-17-15-13-11-9-7-2/h9,11,15,17-18,20-21,23-24,26-27,29,33,35,40,43,76H,6-8,10,12-14,16,19,22,25,28,30-32,34,36-39,41-42,44-75H2,1-5H3/b11-9-,17-15-,20-18-,23-21-,26-24-,29-27-,35-33-,43-40-. The Bertz CT molecular complexity index is 1810. The first-order valence-corrected chi connectivity index (χ1v) is 38.4. The van der Waals surface area contributed by atoms with Crippen LogP contribution >= 0.6 is 7.82 Å². The molecule has 0 N–H and O–H groups in total. The van der Waals surface area contributed by atoms with Gasteiger partial charge in [-0.15, -0.1) is 0 Å². The number of quaternary nitrogens is 1. The van der Waals surface area contributed by atoms with Crippen LogP contribution in [0.15, 0.2) is 97.2 Å². The molecule has 0 aliphatic heterocycles. The lowest BCUT2D eigenvalue weighted by Crippen LogP contribution is -2.37. The van der Waals surface area contributed by atoms with Gasteiger partial charge in [-0.25, -0.2) is 0 Å². The Morgan fingerprint density at radius 1 is 0.364 bits per heavy atom. The van der Waals surface area contributed by atoms with E-state index < -0.39 is 26.5 Å². The molecule has 0 heterocycles. The third kappa shape index (κ3) is 72.0. The van der Waals surface area contributed by atoms with Gasteiger partial charge in [0.2, 0.25) is 0 Å². The van der Waals surface area contributed by atoms with Crippen LogP contribution in [0.25, 0.3) is 0 Å². The summed E-state index contributed by atoms with van der Waals surface area (Å²) < 4.78 is 34.4. The van der Waals surface area contributed by atoms with Crippen LogP contribution in [0.5, 0.6) is 0 Å². The molecule has 0 bridgehead atoms. The normalized spacial score (nSPS) is 13.7. The molecule has 0 spiro atoms. The van der Waals surface area contributed by atoms with Crippen LogP contribution in [0.4, 0.5) is 0 Å². The predicted octanol–water partition coefficient (Wildman–Crippen LogP) is 23.6. The molecule has 0 saturated carbocycles. The number of phosphoric ester groups is 1. The fourth-order valence-corrected chi connectivity index (χ4v) is 11.2. The topological polar surface area (TPSA) is 111 Å². The number of ether oxygens (including phenoxy) is 2. The van der Waals surface area contributed by atoms with E-state index in [9.17, 15) is 19.0 Å². The zero-order valence-electron chi connectivity index (χ0n) is 58.2. The van der Waals surface area contributed by atoms with Crippen LogP contribution < -0.4 is 4.89 Å². The van der Waals surface area contributed by atoms with Gasteiger partial charge in [0.25, 0.3) is 7.82 Å². The van der Waals surface area contributed by atoms with Crippen molar-refractivity contribution in [2.75, 3.05) is 47.5 Å². The van der Waals surface area contributed by atoms with E-state index in [1.807, 2.05) is 21.1 Å². The van der Waals surface area contributed by atoms with E-state index in [0.717, 1.165) is 83.5 Å². The van der Waals surface area contributed by atoms with Gasteiger partial charge in [0.05, 0.1) is 27.7 Å². The Morgan fingerprint density at radius 2 is 0.648 bits per heavy atom. The van der Waals surface area contributed by atoms with Crippen LogP contribution in [0.2, 0.25) is 0 Å². The van der Waals surface area contributed by atoms with Crippen molar-refractivity contribution in [1.29, 1.82) is 0 Å².